The summed E-state index contributed by atoms with van der Waals surface area (Å²) >= 11 is 0. The first-order valence-corrected chi connectivity index (χ1v) is 11.6. The van der Waals surface area contributed by atoms with E-state index in [1.54, 1.807) is 12.1 Å². The lowest BCUT2D eigenvalue weighted by molar-refractivity contribution is -0.141. The van der Waals surface area contributed by atoms with Crippen LogP contribution in [0.5, 0.6) is 5.75 Å². The van der Waals surface area contributed by atoms with E-state index in [0.717, 1.165) is 5.56 Å². The highest BCUT2D eigenvalue weighted by Crippen LogP contribution is 2.11. The predicted molar refractivity (Wildman–Crippen MR) is 131 cm³/mol. The number of benzene rings is 1. The Hall–Kier alpha value is -3.93. The average Bonchev–Trinajstić information content (AvgIpc) is 3.32. The van der Waals surface area contributed by atoms with Crippen LogP contribution < -0.4 is 21.7 Å². The van der Waals surface area contributed by atoms with Crippen LogP contribution in [0.1, 0.15) is 38.4 Å². The van der Waals surface area contributed by atoms with Crippen LogP contribution in [0, 0.1) is 5.92 Å². The maximum absolute atomic E-state index is 13.2. The van der Waals surface area contributed by atoms with Crippen molar-refractivity contribution in [3.05, 3.63) is 48.0 Å². The lowest BCUT2D eigenvalue weighted by Gasteiger charge is -2.25. The first-order valence-electron chi connectivity index (χ1n) is 11.6. The summed E-state index contributed by atoms with van der Waals surface area (Å²) in [4.78, 5) is 56.7. The molecule has 4 unspecified atom stereocenters. The number of phenolic OH excluding ortho intramolecular Hbond substituents is 1. The van der Waals surface area contributed by atoms with Gasteiger partial charge in [0, 0.05) is 18.3 Å². The van der Waals surface area contributed by atoms with Gasteiger partial charge >= 0.3 is 5.97 Å². The number of carbonyl (C=O) groups is 4. The molecule has 3 amide bonds. The van der Waals surface area contributed by atoms with E-state index in [1.165, 1.54) is 31.6 Å². The van der Waals surface area contributed by atoms with Crippen molar-refractivity contribution in [3.8, 4) is 5.75 Å². The van der Waals surface area contributed by atoms with Gasteiger partial charge in [0.2, 0.25) is 17.7 Å². The molecule has 0 bridgehead atoms. The number of nitrogens with one attached hydrogen (secondary N) is 4. The average molecular weight is 503 g/mol. The van der Waals surface area contributed by atoms with Crippen molar-refractivity contribution >= 4 is 23.7 Å². The van der Waals surface area contributed by atoms with E-state index in [1.807, 2.05) is 13.8 Å². The minimum absolute atomic E-state index is 0.0144. The first kappa shape index (κ1) is 28.3. The van der Waals surface area contributed by atoms with Crippen LogP contribution in [0.15, 0.2) is 36.8 Å². The van der Waals surface area contributed by atoms with Crippen molar-refractivity contribution in [2.75, 3.05) is 0 Å². The van der Waals surface area contributed by atoms with Crippen molar-refractivity contribution < 1.29 is 29.4 Å². The molecule has 2 aromatic rings. The number of hydrogen-bond acceptors (Lipinski definition) is 7. The summed E-state index contributed by atoms with van der Waals surface area (Å²) < 4.78 is 0. The summed E-state index contributed by atoms with van der Waals surface area (Å²) in [7, 11) is 0. The van der Waals surface area contributed by atoms with Gasteiger partial charge < -0.3 is 36.9 Å². The van der Waals surface area contributed by atoms with E-state index in [0.29, 0.717) is 5.69 Å². The zero-order valence-corrected chi connectivity index (χ0v) is 20.5. The van der Waals surface area contributed by atoms with Gasteiger partial charge in [-0.15, -0.1) is 0 Å². The molecular weight excluding hydrogens is 468 g/mol. The van der Waals surface area contributed by atoms with Crippen LogP contribution in [-0.4, -0.2) is 68.0 Å². The molecule has 0 fully saturated rings. The number of aromatic nitrogens is 2. The Morgan fingerprint density at radius 1 is 0.944 bits per heavy atom. The molecule has 0 aliphatic heterocycles. The maximum Gasteiger partial charge on any atom is 0.325 e. The topological polar surface area (TPSA) is 200 Å². The monoisotopic (exact) mass is 502 g/mol. The number of carboxylic acid groups (broad SMARTS) is 1. The molecule has 2 rings (SSSR count). The highest BCUT2D eigenvalue weighted by atomic mass is 16.4. The first-order chi connectivity index (χ1) is 17.0. The molecule has 196 valence electrons. The second-order valence-corrected chi connectivity index (χ2v) is 9.08. The Morgan fingerprint density at radius 3 is 2.11 bits per heavy atom. The molecule has 0 aliphatic rings. The smallest absolute Gasteiger partial charge is 0.325 e. The fourth-order valence-electron chi connectivity index (χ4n) is 3.43. The van der Waals surface area contributed by atoms with Crippen molar-refractivity contribution in [2.24, 2.45) is 11.7 Å². The maximum atomic E-state index is 13.2. The fourth-order valence-corrected chi connectivity index (χ4v) is 3.43. The van der Waals surface area contributed by atoms with Crippen LogP contribution in [0.25, 0.3) is 0 Å². The van der Waals surface area contributed by atoms with Crippen molar-refractivity contribution in [3.63, 3.8) is 0 Å². The number of aliphatic carboxylic acids is 1. The zero-order valence-electron chi connectivity index (χ0n) is 20.5. The number of aromatic hydroxyl groups is 1. The SMILES string of the molecule is CC(C)CC(NC(=O)C(Cc1cnc[nH]1)NC(=O)C(N)Cc1ccc(O)cc1)C(=O)NC(C)C(=O)O. The van der Waals surface area contributed by atoms with E-state index < -0.39 is 47.9 Å². The van der Waals surface area contributed by atoms with Crippen LogP contribution in [0.4, 0.5) is 0 Å². The van der Waals surface area contributed by atoms with Crippen molar-refractivity contribution in [1.29, 1.82) is 0 Å². The number of hydrogen-bond donors (Lipinski definition) is 7. The van der Waals surface area contributed by atoms with Crippen LogP contribution >= 0.6 is 0 Å². The molecule has 12 heteroatoms. The third kappa shape index (κ3) is 9.02. The molecule has 1 aromatic heterocycles. The van der Waals surface area contributed by atoms with Crippen LogP contribution in [-0.2, 0) is 32.0 Å². The summed E-state index contributed by atoms with van der Waals surface area (Å²) in [5, 5.41) is 26.2. The minimum Gasteiger partial charge on any atom is -0.508 e. The van der Waals surface area contributed by atoms with Gasteiger partial charge in [-0.25, -0.2) is 4.98 Å². The Bertz CT molecular complexity index is 1020. The summed E-state index contributed by atoms with van der Waals surface area (Å²) in [6.45, 7) is 5.05. The standard InChI is InChI=1S/C24H34N6O6/c1-13(2)8-19(22(33)28-14(3)24(35)36)30-23(34)20(10-16-11-26-12-27-16)29-21(32)18(25)9-15-4-6-17(31)7-5-15/h4-7,11-14,18-20,31H,8-10,25H2,1-3H3,(H,26,27)(H,28,33)(H,29,32)(H,30,34)(H,35,36). The molecule has 0 saturated carbocycles. The molecule has 8 N–H and O–H groups in total. The summed E-state index contributed by atoms with van der Waals surface area (Å²) in [6, 6.07) is 2.06. The molecule has 1 aromatic carbocycles. The van der Waals surface area contributed by atoms with Crippen LogP contribution in [0.3, 0.4) is 0 Å². The molecular formula is C24H34N6O6. The number of rotatable bonds is 13. The van der Waals surface area contributed by atoms with E-state index in [9.17, 15) is 24.3 Å². The number of carboxylic acids is 1. The number of carbonyl (C=O) groups excluding carboxylic acids is 3. The number of phenols is 1. The normalized spacial score (nSPS) is 14.4. The number of aromatic amines is 1. The third-order valence-corrected chi connectivity index (χ3v) is 5.41. The number of nitrogens with two attached hydrogens (primary N) is 1. The molecule has 1 heterocycles. The lowest BCUT2D eigenvalue weighted by atomic mass is 10.0. The van der Waals surface area contributed by atoms with Gasteiger partial charge in [-0.05, 0) is 43.4 Å². The third-order valence-electron chi connectivity index (χ3n) is 5.41. The fraction of sp³-hybridized carbons (Fsp3) is 0.458. The van der Waals surface area contributed by atoms with Crippen LogP contribution in [0.2, 0.25) is 0 Å². The Morgan fingerprint density at radius 2 is 1.56 bits per heavy atom. The summed E-state index contributed by atoms with van der Waals surface area (Å²) in [5.74, 6) is -2.94. The summed E-state index contributed by atoms with van der Waals surface area (Å²) in [6.07, 6.45) is 3.44. The molecule has 0 spiro atoms. The largest absolute Gasteiger partial charge is 0.508 e. The number of imidazole rings is 1. The Kier molecular flexibility index (Phi) is 10.4. The molecule has 36 heavy (non-hydrogen) atoms. The second-order valence-electron chi connectivity index (χ2n) is 9.08. The van der Waals surface area contributed by atoms with Gasteiger partial charge in [0.15, 0.2) is 0 Å². The second kappa shape index (κ2) is 13.2. The van der Waals surface area contributed by atoms with Gasteiger partial charge in [-0.3, -0.25) is 19.2 Å². The predicted octanol–water partition coefficient (Wildman–Crippen LogP) is -0.167. The van der Waals surface area contributed by atoms with E-state index in [-0.39, 0.29) is 30.9 Å². The molecule has 0 aliphatic carbocycles. The molecule has 12 nitrogen and oxygen atoms in total. The number of H-pyrrole nitrogens is 1. The van der Waals surface area contributed by atoms with E-state index >= 15 is 0 Å². The van der Waals surface area contributed by atoms with Crippen molar-refractivity contribution in [2.45, 2.75) is 64.2 Å². The Balaban J connectivity index is 2.14. The minimum atomic E-state index is -1.20. The quantitative estimate of drug-likeness (QED) is 0.196. The van der Waals surface area contributed by atoms with E-state index in [4.69, 9.17) is 10.8 Å². The molecule has 0 radical (unpaired) electrons. The Labute approximate surface area is 209 Å². The lowest BCUT2D eigenvalue weighted by Crippen LogP contribution is -2.57. The molecule has 0 saturated heterocycles. The number of amides is 3. The molecule has 4 atom stereocenters. The summed E-state index contributed by atoms with van der Waals surface area (Å²) in [5.41, 5.74) is 7.37. The van der Waals surface area contributed by atoms with Gasteiger partial charge in [-0.1, -0.05) is 26.0 Å². The van der Waals surface area contributed by atoms with Gasteiger partial charge in [0.05, 0.1) is 12.4 Å². The highest BCUT2D eigenvalue weighted by Gasteiger charge is 2.30. The highest BCUT2D eigenvalue weighted by molar-refractivity contribution is 5.94. The van der Waals surface area contributed by atoms with Gasteiger partial charge in [0.1, 0.15) is 23.9 Å². The zero-order chi connectivity index (χ0) is 26.8. The van der Waals surface area contributed by atoms with Gasteiger partial charge in [0.25, 0.3) is 0 Å². The van der Waals surface area contributed by atoms with E-state index in [2.05, 4.69) is 25.9 Å². The van der Waals surface area contributed by atoms with Gasteiger partial charge in [-0.2, -0.15) is 0 Å². The number of nitrogens with zero attached hydrogens (tertiary/aromatic N) is 1. The van der Waals surface area contributed by atoms with Crippen molar-refractivity contribution in [1.82, 2.24) is 25.9 Å².